The monoisotopic (exact) mass is 519 g/mol. The molecule has 8 heteroatoms. The summed E-state index contributed by atoms with van der Waals surface area (Å²) in [5.41, 5.74) is 0.956. The first-order valence-electron chi connectivity index (χ1n) is 12.8. The van der Waals surface area contributed by atoms with Gasteiger partial charge in [-0.25, -0.2) is 0 Å². The highest BCUT2D eigenvalue weighted by atomic mass is 16.5. The Kier molecular flexibility index (Phi) is 8.73. The van der Waals surface area contributed by atoms with Crippen molar-refractivity contribution >= 4 is 17.4 Å². The van der Waals surface area contributed by atoms with Gasteiger partial charge in [-0.1, -0.05) is 38.5 Å². The molecule has 1 saturated heterocycles. The number of aliphatic hydroxyl groups excluding tert-OH is 1. The van der Waals surface area contributed by atoms with E-state index in [2.05, 4.69) is 6.92 Å². The molecule has 1 amide bonds. The number of hydrogen-bond acceptors (Lipinski definition) is 7. The van der Waals surface area contributed by atoms with Gasteiger partial charge < -0.3 is 28.6 Å². The molecule has 1 N–H and O–H groups in total. The van der Waals surface area contributed by atoms with Crippen molar-refractivity contribution in [2.24, 2.45) is 0 Å². The average Bonchev–Trinajstić information content (AvgIpc) is 3.54. The molecule has 1 aliphatic rings. The number of carbonyl (C=O) groups is 2. The summed E-state index contributed by atoms with van der Waals surface area (Å²) in [5.74, 6) is 0.325. The average molecular weight is 520 g/mol. The van der Waals surface area contributed by atoms with E-state index in [1.807, 2.05) is 6.92 Å². The van der Waals surface area contributed by atoms with Crippen molar-refractivity contribution in [2.45, 2.75) is 45.7 Å². The van der Waals surface area contributed by atoms with Crippen molar-refractivity contribution in [1.82, 2.24) is 4.90 Å². The summed E-state index contributed by atoms with van der Waals surface area (Å²) in [6.45, 7) is 5.19. The number of methoxy groups -OCH3 is 1. The second kappa shape index (κ2) is 12.4. The minimum Gasteiger partial charge on any atom is -0.507 e. The van der Waals surface area contributed by atoms with E-state index in [1.165, 1.54) is 18.3 Å². The molecule has 2 aromatic carbocycles. The van der Waals surface area contributed by atoms with Crippen molar-refractivity contribution < 1.29 is 33.3 Å². The van der Waals surface area contributed by atoms with Gasteiger partial charge in [0.2, 0.25) is 0 Å². The summed E-state index contributed by atoms with van der Waals surface area (Å²) in [6, 6.07) is 14.7. The molecule has 4 rings (SSSR count). The maximum Gasteiger partial charge on any atom is 0.296 e. The van der Waals surface area contributed by atoms with Gasteiger partial charge in [0, 0.05) is 5.56 Å². The Hall–Kier alpha value is -4.20. The van der Waals surface area contributed by atoms with Crippen LogP contribution in [-0.2, 0) is 16.1 Å². The third kappa shape index (κ3) is 5.69. The van der Waals surface area contributed by atoms with E-state index in [0.717, 1.165) is 19.3 Å². The molecule has 1 fully saturated rings. The third-order valence-corrected chi connectivity index (χ3v) is 6.29. The zero-order chi connectivity index (χ0) is 27.1. The number of hydrogen-bond donors (Lipinski definition) is 1. The van der Waals surface area contributed by atoms with Crippen LogP contribution in [0.1, 0.15) is 56.0 Å². The normalized spacial score (nSPS) is 16.6. The number of carbonyl (C=O) groups excluding carboxylic acids is 2. The number of aliphatic hydroxyl groups is 1. The number of benzene rings is 2. The van der Waals surface area contributed by atoms with E-state index in [-0.39, 0.29) is 17.9 Å². The summed E-state index contributed by atoms with van der Waals surface area (Å²) in [6.07, 6.45) is 4.23. The van der Waals surface area contributed by atoms with E-state index in [9.17, 15) is 14.7 Å². The minimum absolute atomic E-state index is 0.0177. The van der Waals surface area contributed by atoms with E-state index in [0.29, 0.717) is 47.3 Å². The highest BCUT2D eigenvalue weighted by Crippen LogP contribution is 2.43. The fourth-order valence-electron chi connectivity index (χ4n) is 4.37. The largest absolute Gasteiger partial charge is 0.507 e. The zero-order valence-corrected chi connectivity index (χ0v) is 21.9. The second-order valence-corrected chi connectivity index (χ2v) is 8.99. The molecule has 0 bridgehead atoms. The summed E-state index contributed by atoms with van der Waals surface area (Å²) >= 11 is 0. The molecular weight excluding hydrogens is 486 g/mol. The van der Waals surface area contributed by atoms with Crippen molar-refractivity contribution in [3.63, 3.8) is 0 Å². The van der Waals surface area contributed by atoms with E-state index in [1.54, 1.807) is 54.6 Å². The van der Waals surface area contributed by atoms with Crippen LogP contribution in [-0.4, -0.2) is 42.0 Å². The van der Waals surface area contributed by atoms with Gasteiger partial charge in [0.1, 0.15) is 17.3 Å². The van der Waals surface area contributed by atoms with Gasteiger partial charge in [0.15, 0.2) is 11.5 Å². The number of unbranched alkanes of at least 4 members (excludes halogenated alkanes) is 1. The van der Waals surface area contributed by atoms with Crippen LogP contribution in [0.5, 0.6) is 17.2 Å². The summed E-state index contributed by atoms with van der Waals surface area (Å²) in [4.78, 5) is 28.0. The fourth-order valence-corrected chi connectivity index (χ4v) is 4.37. The first-order chi connectivity index (χ1) is 18.5. The van der Waals surface area contributed by atoms with Crippen LogP contribution in [0.15, 0.2) is 70.9 Å². The quantitative estimate of drug-likeness (QED) is 0.138. The standard InChI is InChI=1S/C30H33NO7/c1-4-6-15-38-24-13-12-20(18-25(24)35-3)27-26(28(32)21-9-7-10-22(17-21)36-14-5-2)29(33)30(34)31(27)19-23-11-8-16-37-23/h7-13,16-18,27,32H,4-6,14-15,19H2,1-3H3/b28-26+. The number of furan rings is 1. The van der Waals surface area contributed by atoms with E-state index >= 15 is 0 Å². The minimum atomic E-state index is -0.876. The molecule has 2 heterocycles. The van der Waals surface area contributed by atoms with Crippen LogP contribution in [0.2, 0.25) is 0 Å². The number of Topliss-reactive ketones (excluding diaryl/α,β-unsaturated/α-hetero) is 1. The van der Waals surface area contributed by atoms with Crippen molar-refractivity contribution in [3.8, 4) is 17.2 Å². The van der Waals surface area contributed by atoms with Crippen LogP contribution >= 0.6 is 0 Å². The lowest BCUT2D eigenvalue weighted by atomic mass is 9.95. The Balaban J connectivity index is 1.80. The maximum atomic E-state index is 13.4. The van der Waals surface area contributed by atoms with Gasteiger partial charge in [0.05, 0.1) is 44.7 Å². The van der Waals surface area contributed by atoms with Gasteiger partial charge in [-0.2, -0.15) is 0 Å². The predicted octanol–water partition coefficient (Wildman–Crippen LogP) is 5.88. The Morgan fingerprint density at radius 2 is 1.82 bits per heavy atom. The molecule has 1 aromatic heterocycles. The van der Waals surface area contributed by atoms with Gasteiger partial charge in [0.25, 0.3) is 11.7 Å². The van der Waals surface area contributed by atoms with Crippen LogP contribution in [0.3, 0.4) is 0 Å². The molecular formula is C30H33NO7. The Morgan fingerprint density at radius 1 is 0.974 bits per heavy atom. The van der Waals surface area contributed by atoms with Crippen molar-refractivity contribution in [3.05, 3.63) is 83.3 Å². The van der Waals surface area contributed by atoms with Crippen LogP contribution in [0, 0.1) is 0 Å². The molecule has 0 radical (unpaired) electrons. The highest BCUT2D eigenvalue weighted by molar-refractivity contribution is 6.46. The van der Waals surface area contributed by atoms with Gasteiger partial charge in [-0.05, 0) is 54.8 Å². The molecule has 0 saturated carbocycles. The van der Waals surface area contributed by atoms with E-state index in [4.69, 9.17) is 18.6 Å². The third-order valence-electron chi connectivity index (χ3n) is 6.29. The molecule has 8 nitrogen and oxygen atoms in total. The van der Waals surface area contributed by atoms with Gasteiger partial charge in [-0.3, -0.25) is 9.59 Å². The lowest BCUT2D eigenvalue weighted by Gasteiger charge is -2.25. The SMILES string of the molecule is CCCCOc1ccc(C2/C(=C(\O)c3cccc(OCCC)c3)C(=O)C(=O)N2Cc2ccco2)cc1OC. The summed E-state index contributed by atoms with van der Waals surface area (Å²) < 4.78 is 22.6. The number of ether oxygens (including phenoxy) is 3. The highest BCUT2D eigenvalue weighted by Gasteiger charge is 2.46. The number of ketones is 1. The van der Waals surface area contributed by atoms with Crippen molar-refractivity contribution in [2.75, 3.05) is 20.3 Å². The lowest BCUT2D eigenvalue weighted by Crippen LogP contribution is -2.29. The van der Waals surface area contributed by atoms with Crippen molar-refractivity contribution in [1.29, 1.82) is 0 Å². The zero-order valence-electron chi connectivity index (χ0n) is 21.9. The molecule has 0 aliphatic carbocycles. The number of amides is 1. The maximum absolute atomic E-state index is 13.4. The van der Waals surface area contributed by atoms with Crippen LogP contribution < -0.4 is 14.2 Å². The molecule has 3 aromatic rings. The fraction of sp³-hybridized carbons (Fsp3) is 0.333. The predicted molar refractivity (Wildman–Crippen MR) is 142 cm³/mol. The Labute approximate surface area is 222 Å². The molecule has 0 spiro atoms. The molecule has 200 valence electrons. The second-order valence-electron chi connectivity index (χ2n) is 8.99. The first kappa shape index (κ1) is 26.9. The summed E-state index contributed by atoms with van der Waals surface area (Å²) in [7, 11) is 1.54. The van der Waals surface area contributed by atoms with Crippen LogP contribution in [0.4, 0.5) is 0 Å². The Bertz CT molecular complexity index is 1300. The molecule has 1 unspecified atom stereocenters. The van der Waals surface area contributed by atoms with Crippen LogP contribution in [0.25, 0.3) is 5.76 Å². The lowest BCUT2D eigenvalue weighted by molar-refractivity contribution is -0.140. The molecule has 1 atom stereocenters. The number of rotatable bonds is 12. The molecule has 38 heavy (non-hydrogen) atoms. The topological polar surface area (TPSA) is 98.4 Å². The smallest absolute Gasteiger partial charge is 0.296 e. The number of nitrogens with zero attached hydrogens (tertiary/aromatic N) is 1. The summed E-state index contributed by atoms with van der Waals surface area (Å²) in [5, 5.41) is 11.4. The first-order valence-corrected chi connectivity index (χ1v) is 12.8. The number of likely N-dealkylation sites (tertiary alicyclic amines) is 1. The van der Waals surface area contributed by atoms with Gasteiger partial charge >= 0.3 is 0 Å². The van der Waals surface area contributed by atoms with Gasteiger partial charge in [-0.15, -0.1) is 0 Å². The molecule has 1 aliphatic heterocycles. The van der Waals surface area contributed by atoms with E-state index < -0.39 is 17.7 Å². The Morgan fingerprint density at radius 3 is 2.53 bits per heavy atom.